The number of hydrogen-bond acceptors (Lipinski definition) is 3. The fraction of sp³-hybridized carbons (Fsp3) is 0.533. The van der Waals surface area contributed by atoms with Crippen LogP contribution < -0.4 is 4.74 Å². The largest absolute Gasteiger partial charge is 0.494 e. The van der Waals surface area contributed by atoms with Gasteiger partial charge in [0.1, 0.15) is 5.75 Å². The van der Waals surface area contributed by atoms with Crippen LogP contribution in [-0.4, -0.2) is 36.9 Å². The lowest BCUT2D eigenvalue weighted by atomic mass is 10.1. The summed E-state index contributed by atoms with van der Waals surface area (Å²) in [7, 11) is 0. The molecule has 19 heavy (non-hydrogen) atoms. The number of benzene rings is 1. The molecule has 0 aliphatic carbocycles. The molecule has 1 aliphatic rings. The van der Waals surface area contributed by atoms with Crippen LogP contribution in [0.5, 0.6) is 5.75 Å². The Morgan fingerprint density at radius 3 is 2.42 bits per heavy atom. The number of ketones is 1. The number of rotatable bonds is 6. The van der Waals surface area contributed by atoms with Crippen molar-refractivity contribution in [3.05, 3.63) is 29.8 Å². The molecular weight excluding hydrogens is 262 g/mol. The molecule has 4 heteroatoms. The Morgan fingerprint density at radius 1 is 1.21 bits per heavy atom. The molecule has 0 aromatic heterocycles. The van der Waals surface area contributed by atoms with E-state index in [-0.39, 0.29) is 18.2 Å². The highest BCUT2D eigenvalue weighted by molar-refractivity contribution is 5.96. The van der Waals surface area contributed by atoms with E-state index in [1.165, 1.54) is 12.8 Å². The third-order valence-electron chi connectivity index (χ3n) is 3.34. The monoisotopic (exact) mass is 283 g/mol. The maximum Gasteiger partial charge on any atom is 0.164 e. The van der Waals surface area contributed by atoms with E-state index in [2.05, 4.69) is 4.90 Å². The third kappa shape index (κ3) is 4.84. The van der Waals surface area contributed by atoms with E-state index in [0.717, 1.165) is 30.9 Å². The van der Waals surface area contributed by atoms with Gasteiger partial charge in [0.15, 0.2) is 5.78 Å². The molecule has 2 rings (SSSR count). The van der Waals surface area contributed by atoms with E-state index in [1.54, 1.807) is 0 Å². The van der Waals surface area contributed by atoms with Gasteiger partial charge in [0.05, 0.1) is 6.61 Å². The van der Waals surface area contributed by atoms with Gasteiger partial charge in [-0.15, -0.1) is 12.4 Å². The summed E-state index contributed by atoms with van der Waals surface area (Å²) in [4.78, 5) is 14.4. The first kappa shape index (κ1) is 16.0. The third-order valence-corrected chi connectivity index (χ3v) is 3.34. The summed E-state index contributed by atoms with van der Waals surface area (Å²) < 4.78 is 5.36. The van der Waals surface area contributed by atoms with Gasteiger partial charge < -0.3 is 9.64 Å². The number of carbonyl (C=O) groups is 1. The van der Waals surface area contributed by atoms with Crippen LogP contribution in [-0.2, 0) is 0 Å². The Morgan fingerprint density at radius 2 is 1.84 bits per heavy atom. The molecule has 0 atom stereocenters. The molecule has 3 nitrogen and oxygen atoms in total. The molecule has 1 aliphatic heterocycles. The van der Waals surface area contributed by atoms with Crippen molar-refractivity contribution in [3.63, 3.8) is 0 Å². The smallest absolute Gasteiger partial charge is 0.164 e. The van der Waals surface area contributed by atoms with Gasteiger partial charge in [0.25, 0.3) is 0 Å². The molecule has 1 saturated heterocycles. The standard InChI is InChI=1S/C15H21NO2.ClH/c1-2-18-14-7-5-13(6-8-14)15(17)9-12-16-10-3-4-11-16;/h5-8H,2-4,9-12H2,1H3;1H. The Balaban J connectivity index is 0.00000180. The number of likely N-dealkylation sites (tertiary alicyclic amines) is 1. The highest BCUT2D eigenvalue weighted by atomic mass is 35.5. The predicted octanol–water partition coefficient (Wildman–Crippen LogP) is 3.18. The minimum atomic E-state index is 0. The highest BCUT2D eigenvalue weighted by Gasteiger charge is 2.13. The predicted molar refractivity (Wildman–Crippen MR) is 79.5 cm³/mol. The number of halogens is 1. The van der Waals surface area contributed by atoms with E-state index >= 15 is 0 Å². The van der Waals surface area contributed by atoms with Gasteiger partial charge in [-0.3, -0.25) is 4.79 Å². The van der Waals surface area contributed by atoms with E-state index in [9.17, 15) is 4.79 Å². The fourth-order valence-electron chi connectivity index (χ4n) is 2.31. The van der Waals surface area contributed by atoms with Crippen LogP contribution in [0, 0.1) is 0 Å². The number of Topliss-reactive ketones (excluding diaryl/α,β-unsaturated/α-hetero) is 1. The number of carbonyl (C=O) groups excluding carboxylic acids is 1. The lowest BCUT2D eigenvalue weighted by Gasteiger charge is -2.13. The first-order valence-electron chi connectivity index (χ1n) is 6.78. The molecule has 0 N–H and O–H groups in total. The molecular formula is C15H22ClNO2. The summed E-state index contributed by atoms with van der Waals surface area (Å²) in [6.45, 7) is 5.80. The average molecular weight is 284 g/mol. The first-order valence-corrected chi connectivity index (χ1v) is 6.78. The van der Waals surface area contributed by atoms with Crippen LogP contribution in [0.1, 0.15) is 36.5 Å². The van der Waals surface area contributed by atoms with Crippen molar-refractivity contribution in [2.75, 3.05) is 26.2 Å². The topological polar surface area (TPSA) is 29.5 Å². The second kappa shape index (κ2) is 8.18. The minimum Gasteiger partial charge on any atom is -0.494 e. The molecule has 0 saturated carbocycles. The summed E-state index contributed by atoms with van der Waals surface area (Å²) in [5.41, 5.74) is 0.789. The second-order valence-electron chi connectivity index (χ2n) is 4.68. The van der Waals surface area contributed by atoms with E-state index in [0.29, 0.717) is 13.0 Å². The van der Waals surface area contributed by atoms with Crippen LogP contribution in [0.25, 0.3) is 0 Å². The van der Waals surface area contributed by atoms with E-state index in [4.69, 9.17) is 4.74 Å². The van der Waals surface area contributed by atoms with Crippen molar-refractivity contribution in [2.24, 2.45) is 0 Å². The van der Waals surface area contributed by atoms with Crippen LogP contribution in [0.2, 0.25) is 0 Å². The molecule has 106 valence electrons. The van der Waals surface area contributed by atoms with Gasteiger partial charge in [0, 0.05) is 18.5 Å². The molecule has 0 unspecified atom stereocenters. The van der Waals surface area contributed by atoms with Gasteiger partial charge in [-0.1, -0.05) is 0 Å². The fourth-order valence-corrected chi connectivity index (χ4v) is 2.31. The van der Waals surface area contributed by atoms with Crippen molar-refractivity contribution in [2.45, 2.75) is 26.2 Å². The van der Waals surface area contributed by atoms with Crippen LogP contribution >= 0.6 is 12.4 Å². The first-order chi connectivity index (χ1) is 8.79. The molecule has 1 heterocycles. The Bertz CT molecular complexity index is 386. The molecule has 0 spiro atoms. The van der Waals surface area contributed by atoms with E-state index < -0.39 is 0 Å². The second-order valence-corrected chi connectivity index (χ2v) is 4.68. The van der Waals surface area contributed by atoms with Gasteiger partial charge in [0.2, 0.25) is 0 Å². The van der Waals surface area contributed by atoms with E-state index in [1.807, 2.05) is 31.2 Å². The molecule has 0 bridgehead atoms. The molecule has 1 aromatic carbocycles. The van der Waals surface area contributed by atoms with Crippen molar-refractivity contribution >= 4 is 18.2 Å². The summed E-state index contributed by atoms with van der Waals surface area (Å²) in [5, 5.41) is 0. The Hall–Kier alpha value is -1.06. The van der Waals surface area contributed by atoms with Gasteiger partial charge >= 0.3 is 0 Å². The van der Waals surface area contributed by atoms with Crippen molar-refractivity contribution in [1.82, 2.24) is 4.90 Å². The Labute approximate surface area is 121 Å². The lowest BCUT2D eigenvalue weighted by molar-refractivity contribution is 0.0969. The molecule has 1 fully saturated rings. The zero-order valence-electron chi connectivity index (χ0n) is 11.4. The normalized spacial score (nSPS) is 15.0. The van der Waals surface area contributed by atoms with Crippen LogP contribution in [0.4, 0.5) is 0 Å². The quantitative estimate of drug-likeness (QED) is 0.751. The maximum atomic E-state index is 12.0. The van der Waals surface area contributed by atoms with Crippen molar-refractivity contribution < 1.29 is 9.53 Å². The highest BCUT2D eigenvalue weighted by Crippen LogP contribution is 2.14. The van der Waals surface area contributed by atoms with Crippen molar-refractivity contribution in [1.29, 1.82) is 0 Å². The summed E-state index contributed by atoms with van der Waals surface area (Å²) in [6.07, 6.45) is 3.17. The van der Waals surface area contributed by atoms with Crippen LogP contribution in [0.3, 0.4) is 0 Å². The van der Waals surface area contributed by atoms with Gasteiger partial charge in [-0.2, -0.15) is 0 Å². The number of hydrogen-bond donors (Lipinski definition) is 0. The Kier molecular flexibility index (Phi) is 6.89. The zero-order valence-corrected chi connectivity index (χ0v) is 12.2. The zero-order chi connectivity index (χ0) is 12.8. The summed E-state index contributed by atoms with van der Waals surface area (Å²) in [6, 6.07) is 7.45. The molecule has 0 amide bonds. The lowest BCUT2D eigenvalue weighted by Crippen LogP contribution is -2.22. The SMILES string of the molecule is CCOc1ccc(C(=O)CCN2CCCC2)cc1.Cl. The summed E-state index contributed by atoms with van der Waals surface area (Å²) >= 11 is 0. The minimum absolute atomic E-state index is 0. The number of nitrogens with zero attached hydrogens (tertiary/aromatic N) is 1. The van der Waals surface area contributed by atoms with Gasteiger partial charge in [-0.05, 0) is 57.1 Å². The average Bonchev–Trinajstić information content (AvgIpc) is 2.90. The summed E-state index contributed by atoms with van der Waals surface area (Å²) in [5.74, 6) is 1.05. The van der Waals surface area contributed by atoms with Crippen molar-refractivity contribution in [3.8, 4) is 5.75 Å². The molecule has 0 radical (unpaired) electrons. The maximum absolute atomic E-state index is 12.0. The van der Waals surface area contributed by atoms with Crippen LogP contribution in [0.15, 0.2) is 24.3 Å². The molecule has 1 aromatic rings. The van der Waals surface area contributed by atoms with Gasteiger partial charge in [-0.25, -0.2) is 0 Å². The number of ether oxygens (including phenoxy) is 1.